The maximum atomic E-state index is 12.3. The molecule has 0 aliphatic carbocycles. The highest BCUT2D eigenvalue weighted by atomic mass is 32.2. The number of thioether (sulfide) groups is 1. The largest absolute Gasteiger partial charge is 0.416 e. The number of rotatable bonds is 6. The Balaban J connectivity index is 1.49. The minimum atomic E-state index is 0.161. The maximum Gasteiger partial charge on any atom is 0.277 e. The standard InChI is InChI=1S/C19H25N3O2S/c1-14-7-6-10-22(12-14)18(23)13-25-19-21-20-17(24-19)11-15(2)16-8-4-3-5-9-16/h3-5,8-9,14-15H,6-7,10-13H2,1-2H3. The second-order valence-electron chi connectivity index (χ2n) is 6.85. The van der Waals surface area contributed by atoms with E-state index in [9.17, 15) is 4.79 Å². The summed E-state index contributed by atoms with van der Waals surface area (Å²) < 4.78 is 5.70. The first-order valence-electron chi connectivity index (χ1n) is 8.89. The number of amides is 1. The van der Waals surface area contributed by atoms with Crippen molar-refractivity contribution in [1.29, 1.82) is 0 Å². The third kappa shape index (κ3) is 5.08. The first kappa shape index (κ1) is 18.0. The van der Waals surface area contributed by atoms with Crippen LogP contribution in [0.4, 0.5) is 0 Å². The Bertz CT molecular complexity index is 689. The second-order valence-corrected chi connectivity index (χ2v) is 7.78. The summed E-state index contributed by atoms with van der Waals surface area (Å²) in [5.41, 5.74) is 1.25. The predicted octanol–water partition coefficient (Wildman–Crippen LogP) is 3.77. The fraction of sp³-hybridized carbons (Fsp3) is 0.526. The number of nitrogens with zero attached hydrogens (tertiary/aromatic N) is 3. The molecule has 5 nitrogen and oxygen atoms in total. The summed E-state index contributed by atoms with van der Waals surface area (Å²) in [6.45, 7) is 6.08. The highest BCUT2D eigenvalue weighted by Gasteiger charge is 2.21. The van der Waals surface area contributed by atoms with E-state index < -0.39 is 0 Å². The van der Waals surface area contributed by atoms with Crippen molar-refractivity contribution in [3.8, 4) is 0 Å². The first-order chi connectivity index (χ1) is 12.1. The van der Waals surface area contributed by atoms with Gasteiger partial charge >= 0.3 is 0 Å². The van der Waals surface area contributed by atoms with Gasteiger partial charge < -0.3 is 9.32 Å². The molecule has 3 rings (SSSR count). The van der Waals surface area contributed by atoms with Gasteiger partial charge in [0.1, 0.15) is 0 Å². The summed E-state index contributed by atoms with van der Waals surface area (Å²) in [6, 6.07) is 10.3. The topological polar surface area (TPSA) is 59.2 Å². The minimum absolute atomic E-state index is 0.161. The Morgan fingerprint density at radius 2 is 2.16 bits per heavy atom. The fourth-order valence-corrected chi connectivity index (χ4v) is 3.85. The molecule has 0 bridgehead atoms. The van der Waals surface area contributed by atoms with Crippen LogP contribution < -0.4 is 0 Å². The van der Waals surface area contributed by atoms with Gasteiger partial charge in [0.05, 0.1) is 5.75 Å². The van der Waals surface area contributed by atoms with Crippen LogP contribution in [0.5, 0.6) is 0 Å². The van der Waals surface area contributed by atoms with Gasteiger partial charge in [0.25, 0.3) is 5.22 Å². The summed E-state index contributed by atoms with van der Waals surface area (Å²) in [4.78, 5) is 14.3. The van der Waals surface area contributed by atoms with E-state index in [4.69, 9.17) is 4.42 Å². The SMILES string of the molecule is CC1CCCN(C(=O)CSc2nnc(CC(C)c3ccccc3)o2)C1. The zero-order valence-corrected chi connectivity index (χ0v) is 15.7. The second kappa shape index (κ2) is 8.52. The van der Waals surface area contributed by atoms with Crippen LogP contribution in [0, 0.1) is 5.92 Å². The van der Waals surface area contributed by atoms with Gasteiger partial charge in [-0.3, -0.25) is 4.79 Å². The molecule has 1 amide bonds. The molecule has 1 fully saturated rings. The van der Waals surface area contributed by atoms with Crippen molar-refractivity contribution in [2.75, 3.05) is 18.8 Å². The Labute approximate surface area is 153 Å². The summed E-state index contributed by atoms with van der Waals surface area (Å²) in [6.07, 6.45) is 3.01. The number of piperidine rings is 1. The van der Waals surface area contributed by atoms with Crippen molar-refractivity contribution in [3.05, 3.63) is 41.8 Å². The summed E-state index contributed by atoms with van der Waals surface area (Å²) in [5, 5.41) is 8.67. The third-order valence-electron chi connectivity index (χ3n) is 4.63. The molecule has 1 aromatic carbocycles. The van der Waals surface area contributed by atoms with Crippen LogP contribution in [0.3, 0.4) is 0 Å². The average molecular weight is 359 g/mol. The lowest BCUT2D eigenvalue weighted by Gasteiger charge is -2.30. The molecule has 2 unspecified atom stereocenters. The van der Waals surface area contributed by atoms with E-state index in [0.717, 1.165) is 19.5 Å². The van der Waals surface area contributed by atoms with Gasteiger partial charge in [0, 0.05) is 19.5 Å². The monoisotopic (exact) mass is 359 g/mol. The van der Waals surface area contributed by atoms with Crippen molar-refractivity contribution in [1.82, 2.24) is 15.1 Å². The van der Waals surface area contributed by atoms with E-state index in [1.54, 1.807) is 0 Å². The lowest BCUT2D eigenvalue weighted by molar-refractivity contribution is -0.130. The number of carbonyl (C=O) groups is 1. The molecule has 2 atom stereocenters. The van der Waals surface area contributed by atoms with Crippen molar-refractivity contribution >= 4 is 17.7 Å². The highest BCUT2D eigenvalue weighted by molar-refractivity contribution is 7.99. The van der Waals surface area contributed by atoms with Gasteiger partial charge in [0.15, 0.2) is 0 Å². The molecule has 6 heteroatoms. The Hall–Kier alpha value is -1.82. The highest BCUT2D eigenvalue weighted by Crippen LogP contribution is 2.23. The van der Waals surface area contributed by atoms with Gasteiger partial charge in [-0.25, -0.2) is 0 Å². The molecule has 0 saturated carbocycles. The van der Waals surface area contributed by atoms with Crippen molar-refractivity contribution < 1.29 is 9.21 Å². The lowest BCUT2D eigenvalue weighted by atomic mass is 9.98. The van der Waals surface area contributed by atoms with E-state index in [-0.39, 0.29) is 5.91 Å². The molecule has 0 N–H and O–H groups in total. The van der Waals surface area contributed by atoms with Crippen LogP contribution >= 0.6 is 11.8 Å². The predicted molar refractivity (Wildman–Crippen MR) is 98.6 cm³/mol. The van der Waals surface area contributed by atoms with E-state index in [1.807, 2.05) is 23.1 Å². The number of aromatic nitrogens is 2. The molecule has 2 aromatic rings. The smallest absolute Gasteiger partial charge is 0.277 e. The molecular formula is C19H25N3O2S. The fourth-order valence-electron chi connectivity index (χ4n) is 3.17. The Morgan fingerprint density at radius 3 is 2.92 bits per heavy atom. The van der Waals surface area contributed by atoms with E-state index in [1.165, 1.54) is 23.7 Å². The molecule has 1 saturated heterocycles. The van der Waals surface area contributed by atoms with Crippen LogP contribution in [0.1, 0.15) is 44.1 Å². The van der Waals surface area contributed by atoms with E-state index >= 15 is 0 Å². The van der Waals surface area contributed by atoms with Crippen molar-refractivity contribution in [3.63, 3.8) is 0 Å². The lowest BCUT2D eigenvalue weighted by Crippen LogP contribution is -2.40. The molecule has 0 spiro atoms. The number of hydrogen-bond donors (Lipinski definition) is 0. The quantitative estimate of drug-likeness (QED) is 0.735. The van der Waals surface area contributed by atoms with Gasteiger partial charge in [0.2, 0.25) is 11.8 Å². The summed E-state index contributed by atoms with van der Waals surface area (Å²) in [5.74, 6) is 2.06. The van der Waals surface area contributed by atoms with Gasteiger partial charge in [-0.15, -0.1) is 10.2 Å². The first-order valence-corrected chi connectivity index (χ1v) is 9.88. The normalized spacial score (nSPS) is 19.0. The molecule has 25 heavy (non-hydrogen) atoms. The number of benzene rings is 1. The van der Waals surface area contributed by atoms with E-state index in [0.29, 0.717) is 35.1 Å². The maximum absolute atomic E-state index is 12.3. The van der Waals surface area contributed by atoms with Crippen LogP contribution in [0.25, 0.3) is 0 Å². The molecule has 134 valence electrons. The van der Waals surface area contributed by atoms with Gasteiger partial charge in [-0.05, 0) is 30.2 Å². The summed E-state index contributed by atoms with van der Waals surface area (Å²) >= 11 is 1.34. The molecule has 0 radical (unpaired) electrons. The van der Waals surface area contributed by atoms with E-state index in [2.05, 4.69) is 36.2 Å². The third-order valence-corrected chi connectivity index (χ3v) is 5.43. The van der Waals surface area contributed by atoms with Crippen LogP contribution in [0.2, 0.25) is 0 Å². The van der Waals surface area contributed by atoms with Crippen molar-refractivity contribution in [2.24, 2.45) is 5.92 Å². The molecule has 1 aliphatic heterocycles. The molecule has 2 heterocycles. The zero-order valence-electron chi connectivity index (χ0n) is 14.9. The van der Waals surface area contributed by atoms with Crippen LogP contribution in [0.15, 0.2) is 40.0 Å². The zero-order chi connectivity index (χ0) is 17.6. The van der Waals surface area contributed by atoms with Crippen molar-refractivity contribution in [2.45, 2.75) is 44.3 Å². The molecule has 1 aromatic heterocycles. The number of carbonyl (C=O) groups excluding carboxylic acids is 1. The molecule has 1 aliphatic rings. The Kier molecular flexibility index (Phi) is 6.13. The Morgan fingerprint density at radius 1 is 1.36 bits per heavy atom. The molecular weight excluding hydrogens is 334 g/mol. The number of hydrogen-bond acceptors (Lipinski definition) is 5. The number of likely N-dealkylation sites (tertiary alicyclic amines) is 1. The van der Waals surface area contributed by atoms with Crippen LogP contribution in [-0.2, 0) is 11.2 Å². The van der Waals surface area contributed by atoms with Gasteiger partial charge in [-0.2, -0.15) is 0 Å². The average Bonchev–Trinajstić information content (AvgIpc) is 3.08. The summed E-state index contributed by atoms with van der Waals surface area (Å²) in [7, 11) is 0. The van der Waals surface area contributed by atoms with Crippen LogP contribution in [-0.4, -0.2) is 39.8 Å². The van der Waals surface area contributed by atoms with Gasteiger partial charge in [-0.1, -0.05) is 55.9 Å². The minimum Gasteiger partial charge on any atom is -0.416 e.